The number of carbonyl (C=O) groups is 2. The van der Waals surface area contributed by atoms with Crippen LogP contribution < -0.4 is 10.2 Å². The van der Waals surface area contributed by atoms with Crippen molar-refractivity contribution in [3.8, 4) is 0 Å². The van der Waals surface area contributed by atoms with E-state index in [1.165, 1.54) is 4.90 Å². The highest BCUT2D eigenvalue weighted by Crippen LogP contribution is 2.38. The summed E-state index contributed by atoms with van der Waals surface area (Å²) < 4.78 is 26.4. The number of benzene rings is 2. The average molecular weight is 418 g/mol. The maximum absolute atomic E-state index is 13.2. The van der Waals surface area contributed by atoms with Gasteiger partial charge < -0.3 is 10.3 Å². The van der Waals surface area contributed by atoms with Gasteiger partial charge in [-0.05, 0) is 30.3 Å². The third kappa shape index (κ3) is 3.82. The lowest BCUT2D eigenvalue weighted by molar-refractivity contribution is -0.131. The first-order chi connectivity index (χ1) is 13.9. The molecule has 2 aromatic carbocycles. The Bertz CT molecular complexity index is 1060. The lowest BCUT2D eigenvalue weighted by atomic mass is 9.87. The van der Waals surface area contributed by atoms with Gasteiger partial charge in [-0.15, -0.1) is 0 Å². The summed E-state index contributed by atoms with van der Waals surface area (Å²) in [5, 5.41) is 3.80. The molecule has 1 aromatic heterocycles. The smallest absolute Gasteiger partial charge is 0.252 e. The van der Waals surface area contributed by atoms with Gasteiger partial charge in [0.2, 0.25) is 12.3 Å². The first-order valence-electron chi connectivity index (χ1n) is 9.11. The minimum absolute atomic E-state index is 0.307. The molecule has 0 spiro atoms. The second kappa shape index (κ2) is 7.48. The van der Waals surface area contributed by atoms with E-state index in [4.69, 9.17) is 11.6 Å². The molecular weight excluding hydrogens is 400 g/mol. The molecule has 2 amide bonds. The second-order valence-electron chi connectivity index (χ2n) is 7.16. The number of H-pyrrole nitrogens is 1. The summed E-state index contributed by atoms with van der Waals surface area (Å²) in [7, 11) is 0. The van der Waals surface area contributed by atoms with Gasteiger partial charge in [-0.2, -0.15) is 0 Å². The molecule has 0 aliphatic heterocycles. The van der Waals surface area contributed by atoms with Crippen molar-refractivity contribution < 1.29 is 18.4 Å². The predicted molar refractivity (Wildman–Crippen MR) is 107 cm³/mol. The number of fused-ring (bicyclic) bond motifs is 1. The minimum atomic E-state index is -2.76. The summed E-state index contributed by atoms with van der Waals surface area (Å²) in [6, 6.07) is 12.1. The number of halogens is 3. The molecule has 29 heavy (non-hydrogen) atoms. The van der Waals surface area contributed by atoms with E-state index in [1.807, 2.05) is 6.07 Å². The van der Waals surface area contributed by atoms with E-state index in [0.717, 1.165) is 10.9 Å². The van der Waals surface area contributed by atoms with E-state index in [-0.39, 0.29) is 0 Å². The number of nitrogens with one attached hydrogen (secondary N) is 2. The standard InChI is InChI=1S/C21H18ClF2N3O2/c22-17-4-2-1-3-16(17)19(20(29)26-14-10-21(23,24)11-14)27(12-28)15-5-6-18-13(9-15)7-8-25-18/h1-9,12,14,19,25H,10-11H2,(H,26,29)/t19-/m0/s1. The number of anilines is 1. The first kappa shape index (κ1) is 19.4. The zero-order chi connectivity index (χ0) is 20.6. The lowest BCUT2D eigenvalue weighted by Gasteiger charge is -2.37. The topological polar surface area (TPSA) is 65.2 Å². The van der Waals surface area contributed by atoms with Gasteiger partial charge in [0, 0.05) is 52.3 Å². The molecule has 2 N–H and O–H groups in total. The highest BCUT2D eigenvalue weighted by molar-refractivity contribution is 6.31. The van der Waals surface area contributed by atoms with Crippen LogP contribution in [0.5, 0.6) is 0 Å². The molecule has 1 saturated carbocycles. The largest absolute Gasteiger partial charge is 0.361 e. The number of amides is 2. The van der Waals surface area contributed by atoms with Crippen molar-refractivity contribution in [2.45, 2.75) is 30.8 Å². The maximum Gasteiger partial charge on any atom is 0.252 e. The molecule has 1 heterocycles. The number of nitrogens with zero attached hydrogens (tertiary/aromatic N) is 1. The molecular formula is C21H18ClF2N3O2. The van der Waals surface area contributed by atoms with Crippen molar-refractivity contribution in [3.05, 3.63) is 65.3 Å². The molecule has 3 aromatic rings. The Hall–Kier alpha value is -2.93. The van der Waals surface area contributed by atoms with Gasteiger partial charge >= 0.3 is 0 Å². The number of aromatic nitrogens is 1. The van der Waals surface area contributed by atoms with Gasteiger partial charge in [0.25, 0.3) is 5.92 Å². The molecule has 4 rings (SSSR count). The summed E-state index contributed by atoms with van der Waals surface area (Å²) in [4.78, 5) is 29.5. The van der Waals surface area contributed by atoms with Crippen molar-refractivity contribution in [2.24, 2.45) is 0 Å². The van der Waals surface area contributed by atoms with Gasteiger partial charge in [-0.3, -0.25) is 14.5 Å². The Morgan fingerprint density at radius 2 is 2.00 bits per heavy atom. The van der Waals surface area contributed by atoms with Crippen LogP contribution in [0.4, 0.5) is 14.5 Å². The Kier molecular flexibility index (Phi) is 5.00. The Labute approximate surface area is 170 Å². The Balaban J connectivity index is 1.70. The van der Waals surface area contributed by atoms with Gasteiger partial charge in [0.15, 0.2) is 0 Å². The van der Waals surface area contributed by atoms with E-state index in [2.05, 4.69) is 10.3 Å². The van der Waals surface area contributed by atoms with Crippen molar-refractivity contribution in [2.75, 3.05) is 4.90 Å². The summed E-state index contributed by atoms with van der Waals surface area (Å²) in [6.07, 6.45) is 1.50. The normalized spacial score (nSPS) is 16.8. The molecule has 0 radical (unpaired) electrons. The molecule has 1 atom stereocenters. The van der Waals surface area contributed by atoms with Crippen LogP contribution in [0.25, 0.3) is 10.9 Å². The third-order valence-corrected chi connectivity index (χ3v) is 5.46. The third-order valence-electron chi connectivity index (χ3n) is 5.11. The number of rotatable bonds is 6. The first-order valence-corrected chi connectivity index (χ1v) is 9.49. The summed E-state index contributed by atoms with van der Waals surface area (Å²) >= 11 is 6.31. The number of hydrogen-bond donors (Lipinski definition) is 2. The second-order valence-corrected chi connectivity index (χ2v) is 7.56. The van der Waals surface area contributed by atoms with E-state index in [0.29, 0.717) is 22.7 Å². The fourth-order valence-corrected chi connectivity index (χ4v) is 3.87. The Morgan fingerprint density at radius 1 is 1.24 bits per heavy atom. The zero-order valence-corrected chi connectivity index (χ0v) is 16.0. The fraction of sp³-hybridized carbons (Fsp3) is 0.238. The highest BCUT2D eigenvalue weighted by atomic mass is 35.5. The maximum atomic E-state index is 13.2. The van der Waals surface area contributed by atoms with Gasteiger partial charge in [-0.1, -0.05) is 29.8 Å². The zero-order valence-electron chi connectivity index (χ0n) is 15.2. The van der Waals surface area contributed by atoms with Crippen LogP contribution in [0.1, 0.15) is 24.4 Å². The van der Waals surface area contributed by atoms with Crippen molar-refractivity contribution >= 4 is 40.5 Å². The quantitative estimate of drug-likeness (QED) is 0.582. The number of hydrogen-bond acceptors (Lipinski definition) is 2. The van der Waals surface area contributed by atoms with E-state index < -0.39 is 36.8 Å². The van der Waals surface area contributed by atoms with Crippen LogP contribution in [-0.2, 0) is 9.59 Å². The van der Waals surface area contributed by atoms with Crippen LogP contribution in [0, 0.1) is 0 Å². The lowest BCUT2D eigenvalue weighted by Crippen LogP contribution is -2.53. The van der Waals surface area contributed by atoms with Crippen molar-refractivity contribution in [1.82, 2.24) is 10.3 Å². The summed E-state index contributed by atoms with van der Waals surface area (Å²) in [5.41, 5.74) is 1.79. The summed E-state index contributed by atoms with van der Waals surface area (Å²) in [5.74, 6) is -3.32. The van der Waals surface area contributed by atoms with Gasteiger partial charge in [-0.25, -0.2) is 8.78 Å². The van der Waals surface area contributed by atoms with Gasteiger partial charge in [0.1, 0.15) is 6.04 Å². The van der Waals surface area contributed by atoms with Crippen molar-refractivity contribution in [3.63, 3.8) is 0 Å². The molecule has 0 saturated heterocycles. The molecule has 8 heteroatoms. The molecule has 150 valence electrons. The molecule has 0 unspecified atom stereocenters. The Morgan fingerprint density at radius 3 is 2.69 bits per heavy atom. The van der Waals surface area contributed by atoms with Crippen LogP contribution >= 0.6 is 11.6 Å². The minimum Gasteiger partial charge on any atom is -0.361 e. The van der Waals surface area contributed by atoms with E-state index >= 15 is 0 Å². The molecule has 1 aliphatic rings. The molecule has 1 aliphatic carbocycles. The van der Waals surface area contributed by atoms with Crippen LogP contribution in [0.3, 0.4) is 0 Å². The van der Waals surface area contributed by atoms with E-state index in [9.17, 15) is 18.4 Å². The van der Waals surface area contributed by atoms with Crippen LogP contribution in [0.2, 0.25) is 5.02 Å². The number of alkyl halides is 2. The predicted octanol–water partition coefficient (Wildman–Crippen LogP) is 4.44. The van der Waals surface area contributed by atoms with Crippen LogP contribution in [0.15, 0.2) is 54.7 Å². The molecule has 1 fully saturated rings. The van der Waals surface area contributed by atoms with Crippen LogP contribution in [-0.4, -0.2) is 29.3 Å². The molecule has 0 bridgehead atoms. The fourth-order valence-electron chi connectivity index (χ4n) is 3.63. The monoisotopic (exact) mass is 417 g/mol. The highest BCUT2D eigenvalue weighted by Gasteiger charge is 2.47. The van der Waals surface area contributed by atoms with Crippen molar-refractivity contribution in [1.29, 1.82) is 0 Å². The summed E-state index contributed by atoms with van der Waals surface area (Å²) in [6.45, 7) is 0. The van der Waals surface area contributed by atoms with E-state index in [1.54, 1.807) is 48.7 Å². The van der Waals surface area contributed by atoms with Gasteiger partial charge in [0.05, 0.1) is 0 Å². The molecule has 5 nitrogen and oxygen atoms in total. The average Bonchev–Trinajstić information content (AvgIpc) is 3.13. The number of aromatic amines is 1. The SMILES string of the molecule is O=CN(c1ccc2[nH]ccc2c1)[C@H](C(=O)NC1CC(F)(F)C1)c1ccccc1Cl. The number of carbonyl (C=O) groups excluding carboxylic acids is 2.